The van der Waals surface area contributed by atoms with Gasteiger partial charge in [0.25, 0.3) is 11.5 Å². The van der Waals surface area contributed by atoms with E-state index < -0.39 is 0 Å². The van der Waals surface area contributed by atoms with Gasteiger partial charge in [0.2, 0.25) is 0 Å². The third-order valence-electron chi connectivity index (χ3n) is 5.49. The summed E-state index contributed by atoms with van der Waals surface area (Å²) in [6.07, 6.45) is 9.43. The fourth-order valence-electron chi connectivity index (χ4n) is 3.90. The van der Waals surface area contributed by atoms with Gasteiger partial charge in [-0.25, -0.2) is 4.98 Å². The highest BCUT2D eigenvalue weighted by Gasteiger charge is 2.25. The van der Waals surface area contributed by atoms with Crippen molar-refractivity contribution in [3.63, 3.8) is 0 Å². The standard InChI is InChI=1S/C23H22ClN3O2S/c1-3-12-26(14-16-9-6-7-10-17(16)24)23(29)20-15(2)19-21(30-20)25-18-11-5-4-8-13-27(18)22(19)28/h1,6-7,9-10H,4-5,8,11-14H2,2H3. The van der Waals surface area contributed by atoms with Gasteiger partial charge in [-0.2, -0.15) is 0 Å². The molecule has 3 heterocycles. The highest BCUT2D eigenvalue weighted by Crippen LogP contribution is 2.30. The Morgan fingerprint density at radius 3 is 2.90 bits per heavy atom. The van der Waals surface area contributed by atoms with Gasteiger partial charge in [0.05, 0.1) is 16.8 Å². The van der Waals surface area contributed by atoms with Crippen LogP contribution < -0.4 is 5.56 Å². The second kappa shape index (κ2) is 8.63. The Morgan fingerprint density at radius 1 is 1.33 bits per heavy atom. The molecule has 0 atom stereocenters. The first kappa shape index (κ1) is 20.6. The third-order valence-corrected chi connectivity index (χ3v) is 7.04. The summed E-state index contributed by atoms with van der Waals surface area (Å²) in [5, 5.41) is 1.14. The molecule has 2 aromatic heterocycles. The minimum Gasteiger partial charge on any atom is -0.322 e. The number of terminal acetylenes is 1. The van der Waals surface area contributed by atoms with Crippen molar-refractivity contribution in [1.82, 2.24) is 14.5 Å². The first-order valence-electron chi connectivity index (χ1n) is 10.00. The number of aryl methyl sites for hydroxylation is 2. The summed E-state index contributed by atoms with van der Waals surface area (Å²) in [5.41, 5.74) is 1.46. The zero-order valence-corrected chi connectivity index (χ0v) is 18.4. The van der Waals surface area contributed by atoms with E-state index in [0.29, 0.717) is 38.8 Å². The van der Waals surface area contributed by atoms with Crippen LogP contribution in [0.2, 0.25) is 5.02 Å². The van der Waals surface area contributed by atoms with E-state index in [9.17, 15) is 9.59 Å². The van der Waals surface area contributed by atoms with Gasteiger partial charge in [0.1, 0.15) is 10.7 Å². The smallest absolute Gasteiger partial charge is 0.265 e. The number of carbonyl (C=O) groups is 1. The minimum atomic E-state index is -0.201. The van der Waals surface area contributed by atoms with Crippen molar-refractivity contribution in [2.24, 2.45) is 0 Å². The second-order valence-electron chi connectivity index (χ2n) is 7.49. The fraction of sp³-hybridized carbons (Fsp3) is 0.348. The highest BCUT2D eigenvalue weighted by molar-refractivity contribution is 7.20. The van der Waals surface area contributed by atoms with Gasteiger partial charge in [0, 0.05) is 24.5 Å². The Morgan fingerprint density at radius 2 is 2.13 bits per heavy atom. The summed E-state index contributed by atoms with van der Waals surface area (Å²) < 4.78 is 1.78. The number of aromatic nitrogens is 2. The van der Waals surface area contributed by atoms with Crippen LogP contribution in [0.3, 0.4) is 0 Å². The Hall–Kier alpha value is -2.62. The molecular formula is C23H22ClN3O2S. The van der Waals surface area contributed by atoms with E-state index >= 15 is 0 Å². The number of benzene rings is 1. The summed E-state index contributed by atoms with van der Waals surface area (Å²) >= 11 is 7.56. The molecule has 0 aliphatic carbocycles. The molecule has 0 bridgehead atoms. The van der Waals surface area contributed by atoms with Crippen molar-refractivity contribution in [1.29, 1.82) is 0 Å². The summed E-state index contributed by atoms with van der Waals surface area (Å²) in [6, 6.07) is 7.39. The van der Waals surface area contributed by atoms with Crippen LogP contribution in [-0.4, -0.2) is 26.9 Å². The summed E-state index contributed by atoms with van der Waals surface area (Å²) in [6.45, 7) is 2.97. The third kappa shape index (κ3) is 3.76. The molecule has 3 aromatic rings. The van der Waals surface area contributed by atoms with Gasteiger partial charge >= 0.3 is 0 Å². The Labute approximate surface area is 184 Å². The van der Waals surface area contributed by atoms with E-state index in [2.05, 4.69) is 5.92 Å². The van der Waals surface area contributed by atoms with Crippen molar-refractivity contribution in [3.05, 3.63) is 61.5 Å². The number of halogens is 1. The number of hydrogen-bond acceptors (Lipinski definition) is 4. The van der Waals surface area contributed by atoms with E-state index in [4.69, 9.17) is 23.0 Å². The van der Waals surface area contributed by atoms with E-state index in [0.717, 1.165) is 37.1 Å². The normalized spacial score (nSPS) is 13.5. The lowest BCUT2D eigenvalue weighted by molar-refractivity contribution is 0.0770. The summed E-state index contributed by atoms with van der Waals surface area (Å²) in [7, 11) is 0. The molecule has 154 valence electrons. The molecular weight excluding hydrogens is 418 g/mol. The molecule has 0 radical (unpaired) electrons. The van der Waals surface area contributed by atoms with Crippen molar-refractivity contribution < 1.29 is 4.79 Å². The predicted molar refractivity (Wildman–Crippen MR) is 121 cm³/mol. The van der Waals surface area contributed by atoms with E-state index in [-0.39, 0.29) is 18.0 Å². The quantitative estimate of drug-likeness (QED) is 0.565. The van der Waals surface area contributed by atoms with Crippen molar-refractivity contribution in [2.75, 3.05) is 6.54 Å². The molecule has 1 aliphatic rings. The average Bonchev–Trinajstić information content (AvgIpc) is 2.89. The molecule has 1 aliphatic heterocycles. The molecule has 0 unspecified atom stereocenters. The molecule has 1 amide bonds. The topological polar surface area (TPSA) is 55.2 Å². The zero-order valence-electron chi connectivity index (χ0n) is 16.8. The van der Waals surface area contributed by atoms with E-state index in [1.165, 1.54) is 11.3 Å². The predicted octanol–water partition coefficient (Wildman–Crippen LogP) is 4.42. The van der Waals surface area contributed by atoms with Gasteiger partial charge in [-0.3, -0.25) is 14.2 Å². The Balaban J connectivity index is 1.76. The lowest BCUT2D eigenvalue weighted by Gasteiger charge is -2.20. The van der Waals surface area contributed by atoms with Gasteiger partial charge in [0.15, 0.2) is 0 Å². The van der Waals surface area contributed by atoms with Crippen LogP contribution in [-0.2, 0) is 19.5 Å². The molecule has 0 fully saturated rings. The lowest BCUT2D eigenvalue weighted by Crippen LogP contribution is -2.31. The average molecular weight is 440 g/mol. The van der Waals surface area contributed by atoms with Gasteiger partial charge < -0.3 is 4.90 Å². The molecule has 30 heavy (non-hydrogen) atoms. The number of thiophene rings is 1. The van der Waals surface area contributed by atoms with E-state index in [1.807, 2.05) is 25.1 Å². The summed E-state index contributed by atoms with van der Waals surface area (Å²) in [5.74, 6) is 3.18. The molecule has 0 saturated heterocycles. The van der Waals surface area contributed by atoms with Crippen LogP contribution in [0, 0.1) is 19.3 Å². The first-order valence-corrected chi connectivity index (χ1v) is 11.2. The maximum atomic E-state index is 13.4. The SMILES string of the molecule is C#CCN(Cc1ccccc1Cl)C(=O)c1sc2nc3n(c(=O)c2c1C)CCCCC3. The molecule has 7 heteroatoms. The van der Waals surface area contributed by atoms with Crippen LogP contribution in [0.25, 0.3) is 10.2 Å². The van der Waals surface area contributed by atoms with Crippen molar-refractivity contribution >= 4 is 39.1 Å². The van der Waals surface area contributed by atoms with Crippen molar-refractivity contribution in [2.45, 2.75) is 45.7 Å². The maximum absolute atomic E-state index is 13.4. The first-order chi connectivity index (χ1) is 14.5. The maximum Gasteiger partial charge on any atom is 0.265 e. The van der Waals surface area contributed by atoms with Gasteiger partial charge in [-0.1, -0.05) is 42.1 Å². The monoisotopic (exact) mass is 439 g/mol. The summed E-state index contributed by atoms with van der Waals surface area (Å²) in [4.78, 5) is 34.0. The largest absolute Gasteiger partial charge is 0.322 e. The number of rotatable bonds is 4. The fourth-order valence-corrected chi connectivity index (χ4v) is 5.25. The highest BCUT2D eigenvalue weighted by atomic mass is 35.5. The van der Waals surface area contributed by atoms with Crippen LogP contribution in [0.1, 0.15) is 45.9 Å². The number of nitrogens with zero attached hydrogens (tertiary/aromatic N) is 3. The molecule has 0 saturated carbocycles. The Bertz CT molecular complexity index is 1220. The van der Waals surface area contributed by atoms with Crippen LogP contribution in [0.5, 0.6) is 0 Å². The molecule has 1 aromatic carbocycles. The molecule has 4 rings (SSSR count). The van der Waals surface area contributed by atoms with E-state index in [1.54, 1.807) is 15.5 Å². The van der Waals surface area contributed by atoms with Crippen LogP contribution in [0.15, 0.2) is 29.1 Å². The molecule has 5 nitrogen and oxygen atoms in total. The minimum absolute atomic E-state index is 0.0423. The zero-order chi connectivity index (χ0) is 21.3. The Kier molecular flexibility index (Phi) is 5.94. The van der Waals surface area contributed by atoms with Crippen LogP contribution >= 0.6 is 22.9 Å². The van der Waals surface area contributed by atoms with Gasteiger partial charge in [-0.05, 0) is 37.0 Å². The number of amides is 1. The lowest BCUT2D eigenvalue weighted by atomic mass is 10.1. The number of fused-ring (bicyclic) bond motifs is 2. The van der Waals surface area contributed by atoms with Crippen molar-refractivity contribution in [3.8, 4) is 12.3 Å². The molecule has 0 N–H and O–H groups in total. The second-order valence-corrected chi connectivity index (χ2v) is 8.89. The van der Waals surface area contributed by atoms with Crippen LogP contribution in [0.4, 0.5) is 0 Å². The molecule has 0 spiro atoms. The van der Waals surface area contributed by atoms with Gasteiger partial charge in [-0.15, -0.1) is 17.8 Å². The number of hydrogen-bond donors (Lipinski definition) is 0. The number of carbonyl (C=O) groups excluding carboxylic acids is 1.